The summed E-state index contributed by atoms with van der Waals surface area (Å²) in [6.07, 6.45) is 6.42. The predicted octanol–water partition coefficient (Wildman–Crippen LogP) is 7.75. The minimum Gasteiger partial charge on any atom is -0.497 e. The van der Waals surface area contributed by atoms with Crippen LogP contribution in [-0.2, 0) is 16.1 Å². The number of esters is 1. The second-order valence-corrected chi connectivity index (χ2v) is 14.3. The molecule has 2 heterocycles. The van der Waals surface area contributed by atoms with Crippen LogP contribution in [0.2, 0.25) is 0 Å². The molecule has 48 heavy (non-hydrogen) atoms. The molecule has 252 valence electrons. The van der Waals surface area contributed by atoms with Crippen LogP contribution in [0.4, 0.5) is 0 Å². The van der Waals surface area contributed by atoms with Crippen LogP contribution in [0.3, 0.4) is 0 Å². The van der Waals surface area contributed by atoms with Gasteiger partial charge in [0, 0.05) is 44.6 Å². The first kappa shape index (κ1) is 32.8. The first-order valence-corrected chi connectivity index (χ1v) is 18.0. The van der Waals surface area contributed by atoms with E-state index in [0.29, 0.717) is 42.7 Å². The molecule has 6 atom stereocenters. The Morgan fingerprint density at radius 3 is 2.42 bits per heavy atom. The smallest absolute Gasteiger partial charge is 0.306 e. The molecule has 3 fully saturated rings. The van der Waals surface area contributed by atoms with E-state index in [9.17, 15) is 9.90 Å². The highest BCUT2D eigenvalue weighted by Gasteiger charge is 2.42. The minimum absolute atomic E-state index is 0.102. The van der Waals surface area contributed by atoms with Gasteiger partial charge in [0.2, 0.25) is 0 Å². The molecule has 0 aromatic heterocycles. The highest BCUT2D eigenvalue weighted by atomic mass is 16.5. The molecule has 1 N–H and O–H groups in total. The molecule has 6 nitrogen and oxygen atoms in total. The molecule has 1 aliphatic carbocycles. The lowest BCUT2D eigenvalue weighted by Gasteiger charge is -2.39. The number of ether oxygens (including phenoxy) is 2. The van der Waals surface area contributed by atoms with E-state index < -0.39 is 6.23 Å². The molecule has 0 amide bonds. The number of aliphatic hydroxyl groups is 1. The van der Waals surface area contributed by atoms with Gasteiger partial charge in [-0.05, 0) is 83.0 Å². The summed E-state index contributed by atoms with van der Waals surface area (Å²) < 4.78 is 11.0. The van der Waals surface area contributed by atoms with E-state index in [1.807, 2.05) is 24.3 Å². The van der Waals surface area contributed by atoms with Gasteiger partial charge in [-0.15, -0.1) is 0 Å². The molecule has 0 radical (unpaired) electrons. The van der Waals surface area contributed by atoms with Crippen molar-refractivity contribution >= 4 is 16.7 Å². The maximum Gasteiger partial charge on any atom is 0.306 e. The average molecular weight is 647 g/mol. The number of rotatable bonds is 10. The molecule has 3 aliphatic rings. The van der Waals surface area contributed by atoms with E-state index >= 15 is 0 Å². The fourth-order valence-electron chi connectivity index (χ4n) is 8.90. The van der Waals surface area contributed by atoms with Gasteiger partial charge in [0.15, 0.2) is 0 Å². The zero-order valence-electron chi connectivity index (χ0n) is 28.3. The van der Waals surface area contributed by atoms with E-state index in [1.165, 1.54) is 34.7 Å². The quantitative estimate of drug-likeness (QED) is 0.178. The van der Waals surface area contributed by atoms with Crippen LogP contribution >= 0.6 is 0 Å². The number of likely N-dealkylation sites (tertiary alicyclic amines) is 2. The Labute approximate surface area is 285 Å². The van der Waals surface area contributed by atoms with Crippen molar-refractivity contribution < 1.29 is 19.4 Å². The molecule has 7 rings (SSSR count). The molecular formula is C42H50N2O4. The first-order valence-electron chi connectivity index (χ1n) is 18.0. The van der Waals surface area contributed by atoms with Gasteiger partial charge in [-0.1, -0.05) is 97.8 Å². The molecule has 2 saturated heterocycles. The Morgan fingerprint density at radius 2 is 1.60 bits per heavy atom. The Kier molecular flexibility index (Phi) is 10.4. The molecule has 4 aromatic rings. The molecule has 0 spiro atoms. The van der Waals surface area contributed by atoms with Crippen molar-refractivity contribution in [3.05, 3.63) is 114 Å². The van der Waals surface area contributed by atoms with Gasteiger partial charge in [0.25, 0.3) is 0 Å². The van der Waals surface area contributed by atoms with Crippen LogP contribution in [0.5, 0.6) is 5.75 Å². The third-order valence-corrected chi connectivity index (χ3v) is 11.4. The molecule has 6 heteroatoms. The third-order valence-electron chi connectivity index (χ3n) is 11.4. The van der Waals surface area contributed by atoms with Crippen molar-refractivity contribution in [3.63, 3.8) is 0 Å². The topological polar surface area (TPSA) is 62.2 Å². The van der Waals surface area contributed by atoms with Crippen molar-refractivity contribution in [2.75, 3.05) is 33.3 Å². The SMILES string of the molecule is COc1ccc(COC(=O)CC2CCCC[C@H]2N2C[C@@H](CN3CCC(c4cccc5ccccc45)CC3O)[C@@H](c3ccccc3)C2)cc1. The Bertz CT molecular complexity index is 1640. The summed E-state index contributed by atoms with van der Waals surface area (Å²) in [5.74, 6) is 2.18. The lowest BCUT2D eigenvalue weighted by Crippen LogP contribution is -2.46. The summed E-state index contributed by atoms with van der Waals surface area (Å²) >= 11 is 0. The van der Waals surface area contributed by atoms with Gasteiger partial charge in [-0.25, -0.2) is 0 Å². The Balaban J connectivity index is 1.01. The molecule has 3 unspecified atom stereocenters. The minimum atomic E-state index is -0.448. The standard InChI is InChI=1S/C42H50N2O4/c1-47-36-20-18-30(19-21-36)29-48-42(46)25-34-13-6-8-17-40(34)44-27-35(39(28-44)32-10-3-2-4-11-32)26-43-23-22-33(24-41(43)45)38-16-9-14-31-12-5-7-15-37(31)38/h2-5,7,9-12,14-16,18-21,33-35,39-41,45H,6,8,13,17,22-29H2,1H3/t33?,34?,35-,39-,40-,41?/m1/s1. The molecule has 2 aliphatic heterocycles. The van der Waals surface area contributed by atoms with E-state index in [1.54, 1.807) is 7.11 Å². The van der Waals surface area contributed by atoms with Crippen molar-refractivity contribution in [1.29, 1.82) is 0 Å². The average Bonchev–Trinajstić information content (AvgIpc) is 3.55. The van der Waals surface area contributed by atoms with Crippen molar-refractivity contribution in [2.45, 2.75) is 75.7 Å². The monoisotopic (exact) mass is 646 g/mol. The third kappa shape index (κ3) is 7.46. The maximum atomic E-state index is 13.1. The van der Waals surface area contributed by atoms with Gasteiger partial charge >= 0.3 is 5.97 Å². The summed E-state index contributed by atoms with van der Waals surface area (Å²) in [4.78, 5) is 18.2. The number of hydrogen-bond acceptors (Lipinski definition) is 6. The number of piperidine rings is 1. The zero-order valence-corrected chi connectivity index (χ0v) is 28.3. The van der Waals surface area contributed by atoms with Crippen LogP contribution in [0, 0.1) is 11.8 Å². The molecular weight excluding hydrogens is 596 g/mol. The fourth-order valence-corrected chi connectivity index (χ4v) is 8.90. The van der Waals surface area contributed by atoms with E-state index in [4.69, 9.17) is 9.47 Å². The van der Waals surface area contributed by atoms with Crippen LogP contribution < -0.4 is 4.74 Å². The number of benzene rings is 4. The Morgan fingerprint density at radius 1 is 0.833 bits per heavy atom. The highest BCUT2D eigenvalue weighted by Crippen LogP contribution is 2.41. The lowest BCUT2D eigenvalue weighted by molar-refractivity contribution is -0.147. The number of carbonyl (C=O) groups excluding carboxylic acids is 1. The zero-order chi connectivity index (χ0) is 32.9. The number of carbonyl (C=O) groups is 1. The van der Waals surface area contributed by atoms with Crippen LogP contribution in [0.25, 0.3) is 10.8 Å². The highest BCUT2D eigenvalue weighted by molar-refractivity contribution is 5.86. The number of aliphatic hydroxyl groups excluding tert-OH is 1. The molecule has 0 bridgehead atoms. The summed E-state index contributed by atoms with van der Waals surface area (Å²) in [6, 6.07) is 34.3. The van der Waals surface area contributed by atoms with Crippen molar-refractivity contribution in [3.8, 4) is 5.75 Å². The van der Waals surface area contributed by atoms with Crippen LogP contribution in [-0.4, -0.2) is 66.4 Å². The largest absolute Gasteiger partial charge is 0.497 e. The number of fused-ring (bicyclic) bond motifs is 1. The van der Waals surface area contributed by atoms with Gasteiger partial charge in [0.05, 0.1) is 7.11 Å². The van der Waals surface area contributed by atoms with Gasteiger partial charge in [0.1, 0.15) is 18.6 Å². The maximum absolute atomic E-state index is 13.1. The second kappa shape index (κ2) is 15.2. The van der Waals surface area contributed by atoms with E-state index in [2.05, 4.69) is 82.6 Å². The number of methoxy groups -OCH3 is 1. The predicted molar refractivity (Wildman–Crippen MR) is 191 cm³/mol. The van der Waals surface area contributed by atoms with E-state index in [-0.39, 0.29) is 5.97 Å². The summed E-state index contributed by atoms with van der Waals surface area (Å²) in [6.45, 7) is 4.08. The van der Waals surface area contributed by atoms with Crippen molar-refractivity contribution in [1.82, 2.24) is 9.80 Å². The second-order valence-electron chi connectivity index (χ2n) is 14.3. The molecule has 4 aromatic carbocycles. The fraction of sp³-hybridized carbons (Fsp3) is 0.452. The van der Waals surface area contributed by atoms with Gasteiger partial charge in [-0.3, -0.25) is 14.6 Å². The van der Waals surface area contributed by atoms with Crippen molar-refractivity contribution in [2.24, 2.45) is 11.8 Å². The summed E-state index contributed by atoms with van der Waals surface area (Å²) in [7, 11) is 1.65. The summed E-state index contributed by atoms with van der Waals surface area (Å²) in [5.41, 5.74) is 3.73. The van der Waals surface area contributed by atoms with Crippen LogP contribution in [0.1, 0.15) is 73.5 Å². The first-order chi connectivity index (χ1) is 23.6. The normalized spacial score (nSPS) is 26.8. The van der Waals surface area contributed by atoms with E-state index in [0.717, 1.165) is 63.2 Å². The summed E-state index contributed by atoms with van der Waals surface area (Å²) in [5, 5.41) is 14.1. The van der Waals surface area contributed by atoms with Gasteiger partial charge < -0.3 is 14.6 Å². The number of hydrogen-bond donors (Lipinski definition) is 1. The van der Waals surface area contributed by atoms with Crippen LogP contribution in [0.15, 0.2) is 97.1 Å². The number of nitrogens with zero attached hydrogens (tertiary/aromatic N) is 2. The molecule has 1 saturated carbocycles. The lowest BCUT2D eigenvalue weighted by atomic mass is 9.81. The Hall–Kier alpha value is -3.71. The van der Waals surface area contributed by atoms with Gasteiger partial charge in [-0.2, -0.15) is 0 Å².